The first-order valence-electron chi connectivity index (χ1n) is 9.84. The molecule has 0 unspecified atom stereocenters. The van der Waals surface area contributed by atoms with E-state index in [4.69, 9.17) is 4.98 Å². The number of aromatic nitrogens is 3. The van der Waals surface area contributed by atoms with Crippen molar-refractivity contribution < 1.29 is 4.79 Å². The maximum atomic E-state index is 11.1. The van der Waals surface area contributed by atoms with Crippen molar-refractivity contribution in [3.63, 3.8) is 0 Å². The van der Waals surface area contributed by atoms with E-state index < -0.39 is 0 Å². The molecule has 0 saturated heterocycles. The Labute approximate surface area is 160 Å². The first-order chi connectivity index (χ1) is 13.2. The zero-order valence-electron chi connectivity index (χ0n) is 16.2. The maximum absolute atomic E-state index is 11.1. The molecule has 0 bridgehead atoms. The lowest BCUT2D eigenvalue weighted by Gasteiger charge is -2.07. The molecule has 142 valence electrons. The largest absolute Gasteiger partial charge is 0.370 e. The number of hydrogen-bond donors (Lipinski definition) is 1. The highest BCUT2D eigenvalue weighted by Gasteiger charge is 2.09. The monoisotopic (exact) mass is 364 g/mol. The summed E-state index contributed by atoms with van der Waals surface area (Å²) in [6.45, 7) is 4.59. The van der Waals surface area contributed by atoms with Crippen LogP contribution in [-0.4, -0.2) is 26.9 Å². The van der Waals surface area contributed by atoms with Crippen molar-refractivity contribution >= 4 is 17.2 Å². The van der Waals surface area contributed by atoms with Crippen LogP contribution in [0.3, 0.4) is 0 Å². The number of anilines is 1. The molecule has 0 radical (unpaired) electrons. The Kier molecular flexibility index (Phi) is 6.58. The zero-order chi connectivity index (χ0) is 19.1. The van der Waals surface area contributed by atoms with Crippen LogP contribution in [0.5, 0.6) is 0 Å². The van der Waals surface area contributed by atoms with Crippen molar-refractivity contribution in [2.75, 3.05) is 11.9 Å². The first-order valence-corrected chi connectivity index (χ1v) is 9.84. The van der Waals surface area contributed by atoms with E-state index in [1.807, 2.05) is 18.5 Å². The molecular formula is C22H28N4O. The standard InChI is InChI=1S/C22H28N4O/c1-3-4-5-9-18-10-6-11-19(15-18)20-16-24-26-14-12-21(25-22(20)26)23-13-7-8-17(2)27/h6,10-12,14-16H,3-5,7-9,13H2,1-2H3,(H,23,25). The number of carbonyl (C=O) groups is 1. The van der Waals surface area contributed by atoms with Crippen molar-refractivity contribution in [2.24, 2.45) is 0 Å². The number of ketones is 1. The fourth-order valence-corrected chi connectivity index (χ4v) is 3.20. The Bertz CT molecular complexity index is 900. The van der Waals surface area contributed by atoms with Crippen molar-refractivity contribution in [1.82, 2.24) is 14.6 Å². The van der Waals surface area contributed by atoms with Crippen molar-refractivity contribution in [1.29, 1.82) is 0 Å². The minimum Gasteiger partial charge on any atom is -0.370 e. The second-order valence-electron chi connectivity index (χ2n) is 7.03. The van der Waals surface area contributed by atoms with Gasteiger partial charge in [0.1, 0.15) is 11.6 Å². The highest BCUT2D eigenvalue weighted by molar-refractivity contribution is 5.78. The summed E-state index contributed by atoms with van der Waals surface area (Å²) in [4.78, 5) is 15.8. The molecule has 0 atom stereocenters. The van der Waals surface area contributed by atoms with Gasteiger partial charge >= 0.3 is 0 Å². The molecular weight excluding hydrogens is 336 g/mol. The van der Waals surface area contributed by atoms with Crippen molar-refractivity contribution in [2.45, 2.75) is 52.4 Å². The molecule has 1 aromatic carbocycles. The molecule has 2 heterocycles. The van der Waals surface area contributed by atoms with Crippen LogP contribution in [0.15, 0.2) is 42.7 Å². The Balaban J connectivity index is 1.77. The SMILES string of the molecule is CCCCCc1cccc(-c2cnn3ccc(NCCCC(C)=O)nc23)c1. The second kappa shape index (κ2) is 9.31. The van der Waals surface area contributed by atoms with Crippen LogP contribution in [0.25, 0.3) is 16.8 Å². The van der Waals surface area contributed by atoms with Crippen LogP contribution < -0.4 is 5.32 Å². The number of carbonyl (C=O) groups excluding carboxylic acids is 1. The second-order valence-corrected chi connectivity index (χ2v) is 7.03. The third-order valence-electron chi connectivity index (χ3n) is 4.69. The molecule has 27 heavy (non-hydrogen) atoms. The fourth-order valence-electron chi connectivity index (χ4n) is 3.20. The predicted octanol–water partition coefficient (Wildman–Crippen LogP) is 4.91. The molecule has 0 fully saturated rings. The zero-order valence-corrected chi connectivity index (χ0v) is 16.2. The molecule has 2 aromatic heterocycles. The van der Waals surface area contributed by atoms with Crippen LogP contribution in [0.1, 0.15) is 51.5 Å². The van der Waals surface area contributed by atoms with Crippen LogP contribution in [0, 0.1) is 0 Å². The van der Waals surface area contributed by atoms with E-state index in [1.165, 1.54) is 24.8 Å². The minimum atomic E-state index is 0.220. The Morgan fingerprint density at radius 3 is 2.89 bits per heavy atom. The molecule has 0 saturated carbocycles. The fraction of sp³-hybridized carbons (Fsp3) is 0.409. The van der Waals surface area contributed by atoms with Gasteiger partial charge in [0.15, 0.2) is 5.65 Å². The molecule has 3 rings (SSSR count). The van der Waals surface area contributed by atoms with Gasteiger partial charge < -0.3 is 10.1 Å². The van der Waals surface area contributed by atoms with Gasteiger partial charge in [-0.05, 0) is 43.4 Å². The van der Waals surface area contributed by atoms with E-state index in [-0.39, 0.29) is 5.78 Å². The van der Waals surface area contributed by atoms with Crippen molar-refractivity contribution in [3.8, 4) is 11.1 Å². The molecule has 0 aliphatic heterocycles. The van der Waals surface area contributed by atoms with Gasteiger partial charge in [-0.2, -0.15) is 5.10 Å². The number of unbranched alkanes of at least 4 members (excludes halogenated alkanes) is 2. The van der Waals surface area contributed by atoms with E-state index in [1.54, 1.807) is 11.4 Å². The van der Waals surface area contributed by atoms with Gasteiger partial charge in [-0.15, -0.1) is 0 Å². The number of aryl methyl sites for hydroxylation is 1. The quantitative estimate of drug-likeness (QED) is 0.519. The summed E-state index contributed by atoms with van der Waals surface area (Å²) in [5.41, 5.74) is 4.40. The van der Waals surface area contributed by atoms with Gasteiger partial charge in [-0.1, -0.05) is 44.0 Å². The number of fused-ring (bicyclic) bond motifs is 1. The number of rotatable bonds is 10. The minimum absolute atomic E-state index is 0.220. The van der Waals surface area contributed by atoms with Crippen LogP contribution >= 0.6 is 0 Å². The lowest BCUT2D eigenvalue weighted by atomic mass is 10.0. The van der Waals surface area contributed by atoms with Gasteiger partial charge in [0, 0.05) is 24.7 Å². The highest BCUT2D eigenvalue weighted by Crippen LogP contribution is 2.25. The van der Waals surface area contributed by atoms with Crippen LogP contribution in [0.4, 0.5) is 5.82 Å². The molecule has 3 aromatic rings. The third-order valence-corrected chi connectivity index (χ3v) is 4.69. The maximum Gasteiger partial charge on any atom is 0.165 e. The molecule has 0 aliphatic rings. The Morgan fingerprint density at radius 2 is 2.07 bits per heavy atom. The average Bonchev–Trinajstić information content (AvgIpc) is 3.09. The normalized spacial score (nSPS) is 11.0. The van der Waals surface area contributed by atoms with Gasteiger partial charge in [0.05, 0.1) is 6.20 Å². The molecule has 5 heteroatoms. The smallest absolute Gasteiger partial charge is 0.165 e. The van der Waals surface area contributed by atoms with Crippen LogP contribution in [-0.2, 0) is 11.2 Å². The number of benzene rings is 1. The Hall–Kier alpha value is -2.69. The topological polar surface area (TPSA) is 59.3 Å². The number of nitrogens with one attached hydrogen (secondary N) is 1. The number of Topliss-reactive ketones (excluding diaryl/α,β-unsaturated/α-hetero) is 1. The lowest BCUT2D eigenvalue weighted by molar-refractivity contribution is -0.117. The predicted molar refractivity (Wildman–Crippen MR) is 110 cm³/mol. The average molecular weight is 364 g/mol. The van der Waals surface area contributed by atoms with Gasteiger partial charge in [-0.25, -0.2) is 9.50 Å². The first kappa shape index (κ1) is 19.1. The number of hydrogen-bond acceptors (Lipinski definition) is 4. The van der Waals surface area contributed by atoms with E-state index in [0.29, 0.717) is 6.42 Å². The summed E-state index contributed by atoms with van der Waals surface area (Å²) in [7, 11) is 0. The van der Waals surface area contributed by atoms with E-state index in [0.717, 1.165) is 42.0 Å². The highest BCUT2D eigenvalue weighted by atomic mass is 16.1. The summed E-state index contributed by atoms with van der Waals surface area (Å²) in [6.07, 6.45) is 10.0. The van der Waals surface area contributed by atoms with Gasteiger partial charge in [0.2, 0.25) is 0 Å². The summed E-state index contributed by atoms with van der Waals surface area (Å²) < 4.78 is 1.81. The van der Waals surface area contributed by atoms with Crippen LogP contribution in [0.2, 0.25) is 0 Å². The van der Waals surface area contributed by atoms with Gasteiger partial charge in [-0.3, -0.25) is 0 Å². The van der Waals surface area contributed by atoms with Gasteiger partial charge in [0.25, 0.3) is 0 Å². The third kappa shape index (κ3) is 5.16. The summed E-state index contributed by atoms with van der Waals surface area (Å²) in [5, 5.41) is 7.74. The molecule has 1 N–H and O–H groups in total. The molecule has 0 amide bonds. The summed E-state index contributed by atoms with van der Waals surface area (Å²) in [5.74, 6) is 1.03. The molecule has 0 spiro atoms. The van der Waals surface area contributed by atoms with Crippen molar-refractivity contribution in [3.05, 3.63) is 48.3 Å². The molecule has 5 nitrogen and oxygen atoms in total. The van der Waals surface area contributed by atoms with E-state index in [2.05, 4.69) is 41.6 Å². The molecule has 0 aliphatic carbocycles. The summed E-state index contributed by atoms with van der Waals surface area (Å²) >= 11 is 0. The summed E-state index contributed by atoms with van der Waals surface area (Å²) in [6, 6.07) is 10.6. The van der Waals surface area contributed by atoms with E-state index in [9.17, 15) is 4.79 Å². The lowest BCUT2D eigenvalue weighted by Crippen LogP contribution is -2.06. The van der Waals surface area contributed by atoms with E-state index >= 15 is 0 Å². The Morgan fingerprint density at radius 1 is 1.19 bits per heavy atom. The number of nitrogens with zero attached hydrogens (tertiary/aromatic N) is 3.